The van der Waals surface area contributed by atoms with Gasteiger partial charge in [0.1, 0.15) is 5.75 Å². The molecule has 0 bridgehead atoms. The summed E-state index contributed by atoms with van der Waals surface area (Å²) in [5, 5.41) is 9.41. The summed E-state index contributed by atoms with van der Waals surface area (Å²) in [4.78, 5) is 11.5. The second kappa shape index (κ2) is 4.52. The molecular formula is C10H12O5S. The highest BCUT2D eigenvalue weighted by atomic mass is 32.2. The zero-order valence-corrected chi connectivity index (χ0v) is 9.74. The largest absolute Gasteiger partial charge is 0.504 e. The number of sulfone groups is 1. The van der Waals surface area contributed by atoms with E-state index in [9.17, 15) is 18.3 Å². The maximum Gasteiger partial charge on any atom is 0.177 e. The van der Waals surface area contributed by atoms with E-state index < -0.39 is 21.4 Å². The van der Waals surface area contributed by atoms with E-state index in [4.69, 9.17) is 4.74 Å². The van der Waals surface area contributed by atoms with E-state index in [0.29, 0.717) is 0 Å². The summed E-state index contributed by atoms with van der Waals surface area (Å²) in [6.07, 6.45) is 0.980. The summed E-state index contributed by atoms with van der Waals surface area (Å²) >= 11 is 0. The third-order valence-corrected chi connectivity index (χ3v) is 2.68. The minimum absolute atomic E-state index is 0.142. The lowest BCUT2D eigenvalue weighted by Gasteiger charge is -2.05. The van der Waals surface area contributed by atoms with Crippen molar-refractivity contribution in [3.05, 3.63) is 23.8 Å². The Kier molecular flexibility index (Phi) is 3.54. The van der Waals surface area contributed by atoms with Crippen molar-refractivity contribution in [3.8, 4) is 11.5 Å². The molecule has 0 fully saturated rings. The van der Waals surface area contributed by atoms with Crippen LogP contribution in [0.25, 0.3) is 0 Å². The van der Waals surface area contributed by atoms with Gasteiger partial charge >= 0.3 is 0 Å². The highest BCUT2D eigenvalue weighted by Crippen LogP contribution is 2.26. The highest BCUT2D eigenvalue weighted by Gasteiger charge is 2.14. The van der Waals surface area contributed by atoms with Crippen LogP contribution in [-0.4, -0.2) is 38.4 Å². The number of aromatic hydroxyl groups is 1. The molecule has 0 radical (unpaired) electrons. The molecule has 0 heterocycles. The molecule has 0 aromatic heterocycles. The van der Waals surface area contributed by atoms with Crippen molar-refractivity contribution >= 4 is 15.6 Å². The molecule has 0 aliphatic heterocycles. The van der Waals surface area contributed by atoms with Crippen molar-refractivity contribution in [3.63, 3.8) is 0 Å². The topological polar surface area (TPSA) is 80.7 Å². The summed E-state index contributed by atoms with van der Waals surface area (Å²) in [5.74, 6) is -1.09. The predicted molar refractivity (Wildman–Crippen MR) is 58.7 cm³/mol. The molecule has 0 saturated heterocycles. The highest BCUT2D eigenvalue weighted by molar-refractivity contribution is 7.91. The first-order chi connectivity index (χ1) is 7.33. The smallest absolute Gasteiger partial charge is 0.177 e. The van der Waals surface area contributed by atoms with Gasteiger partial charge in [0.05, 0.1) is 7.11 Å². The van der Waals surface area contributed by atoms with Crippen molar-refractivity contribution in [1.29, 1.82) is 0 Å². The number of ether oxygens (including phenoxy) is 1. The van der Waals surface area contributed by atoms with E-state index in [0.717, 1.165) is 6.26 Å². The number of Topliss-reactive ketones (excluding diaryl/α,β-unsaturated/α-hetero) is 1. The Balaban J connectivity index is 2.98. The van der Waals surface area contributed by atoms with E-state index in [1.165, 1.54) is 25.3 Å². The van der Waals surface area contributed by atoms with E-state index in [1.54, 1.807) is 0 Å². The van der Waals surface area contributed by atoms with Crippen LogP contribution in [0.5, 0.6) is 11.5 Å². The Labute approximate surface area is 93.6 Å². The summed E-state index contributed by atoms with van der Waals surface area (Å²) in [6, 6.07) is 4.00. The molecular weight excluding hydrogens is 232 g/mol. The van der Waals surface area contributed by atoms with Crippen molar-refractivity contribution in [1.82, 2.24) is 0 Å². The van der Waals surface area contributed by atoms with Gasteiger partial charge in [-0.05, 0) is 18.2 Å². The maximum atomic E-state index is 11.5. The number of ketones is 1. The van der Waals surface area contributed by atoms with Gasteiger partial charge in [-0.25, -0.2) is 8.42 Å². The van der Waals surface area contributed by atoms with Crippen LogP contribution in [0.15, 0.2) is 18.2 Å². The Bertz CT molecular complexity index is 504. The van der Waals surface area contributed by atoms with Crippen molar-refractivity contribution in [2.24, 2.45) is 0 Å². The fourth-order valence-electron chi connectivity index (χ4n) is 1.18. The number of methoxy groups -OCH3 is 1. The lowest BCUT2D eigenvalue weighted by Crippen LogP contribution is -2.14. The van der Waals surface area contributed by atoms with Gasteiger partial charge in [0.25, 0.3) is 0 Å². The number of carbonyl (C=O) groups excluding carboxylic acids is 1. The van der Waals surface area contributed by atoms with Gasteiger partial charge in [-0.2, -0.15) is 0 Å². The molecule has 0 atom stereocenters. The molecule has 1 aromatic carbocycles. The van der Waals surface area contributed by atoms with Crippen LogP contribution < -0.4 is 4.74 Å². The molecule has 0 unspecified atom stereocenters. The van der Waals surface area contributed by atoms with Crippen molar-refractivity contribution in [2.45, 2.75) is 0 Å². The predicted octanol–water partition coefficient (Wildman–Crippen LogP) is 0.628. The molecule has 5 nitrogen and oxygen atoms in total. The molecule has 1 rings (SSSR count). The van der Waals surface area contributed by atoms with Crippen LogP contribution in [0.4, 0.5) is 0 Å². The van der Waals surface area contributed by atoms with E-state index in [2.05, 4.69) is 0 Å². The molecule has 0 aliphatic carbocycles. The Morgan fingerprint density at radius 1 is 1.44 bits per heavy atom. The molecule has 0 aliphatic rings. The first-order valence-corrected chi connectivity index (χ1v) is 6.47. The van der Waals surface area contributed by atoms with Crippen molar-refractivity contribution in [2.75, 3.05) is 19.1 Å². The monoisotopic (exact) mass is 244 g/mol. The Morgan fingerprint density at radius 3 is 2.50 bits per heavy atom. The molecule has 0 saturated carbocycles. The van der Waals surface area contributed by atoms with Gasteiger partial charge in [0.2, 0.25) is 0 Å². The second-order valence-electron chi connectivity index (χ2n) is 3.38. The zero-order chi connectivity index (χ0) is 12.3. The number of phenols is 1. The number of phenolic OH excluding ortho intramolecular Hbond substituents is 1. The second-order valence-corrected chi connectivity index (χ2v) is 5.52. The fraction of sp³-hybridized carbons (Fsp3) is 0.300. The number of carbonyl (C=O) groups is 1. The molecule has 16 heavy (non-hydrogen) atoms. The fourth-order valence-corrected chi connectivity index (χ4v) is 1.83. The summed E-state index contributed by atoms with van der Waals surface area (Å²) in [7, 11) is -1.98. The SMILES string of the molecule is COc1ccc(C(=O)CS(C)(=O)=O)cc1O. The standard InChI is InChI=1S/C10H12O5S/c1-15-10-4-3-7(5-8(10)11)9(12)6-16(2,13)14/h3-5,11H,6H2,1-2H3. The molecule has 1 aromatic rings. The normalized spacial score (nSPS) is 11.1. The van der Waals surface area contributed by atoms with Crippen LogP contribution >= 0.6 is 0 Å². The van der Waals surface area contributed by atoms with Crippen LogP contribution in [-0.2, 0) is 9.84 Å². The van der Waals surface area contributed by atoms with E-state index in [-0.39, 0.29) is 17.1 Å². The van der Waals surface area contributed by atoms with Crippen LogP contribution in [0.1, 0.15) is 10.4 Å². The number of hydrogen-bond acceptors (Lipinski definition) is 5. The van der Waals surface area contributed by atoms with E-state index >= 15 is 0 Å². The minimum Gasteiger partial charge on any atom is -0.504 e. The summed E-state index contributed by atoms with van der Waals surface area (Å²) in [5.41, 5.74) is 0.142. The van der Waals surface area contributed by atoms with Crippen molar-refractivity contribution < 1.29 is 23.1 Å². The van der Waals surface area contributed by atoms with Crippen LogP contribution in [0.2, 0.25) is 0 Å². The average molecular weight is 244 g/mol. The van der Waals surface area contributed by atoms with Gasteiger partial charge in [0, 0.05) is 11.8 Å². The first kappa shape index (κ1) is 12.5. The van der Waals surface area contributed by atoms with Crippen LogP contribution in [0, 0.1) is 0 Å². The lowest BCUT2D eigenvalue weighted by atomic mass is 10.1. The number of hydrogen-bond donors (Lipinski definition) is 1. The van der Waals surface area contributed by atoms with Gasteiger partial charge in [-0.1, -0.05) is 0 Å². The first-order valence-electron chi connectivity index (χ1n) is 4.41. The Hall–Kier alpha value is -1.56. The number of benzene rings is 1. The zero-order valence-electron chi connectivity index (χ0n) is 8.93. The van der Waals surface area contributed by atoms with Gasteiger partial charge < -0.3 is 9.84 Å². The third kappa shape index (κ3) is 3.23. The lowest BCUT2D eigenvalue weighted by molar-refractivity contribution is 0.102. The average Bonchev–Trinajstić information content (AvgIpc) is 2.15. The van der Waals surface area contributed by atoms with E-state index in [1.807, 2.05) is 0 Å². The quantitative estimate of drug-likeness (QED) is 0.785. The van der Waals surface area contributed by atoms with Gasteiger partial charge in [0.15, 0.2) is 27.1 Å². The third-order valence-electron chi connectivity index (χ3n) is 1.89. The molecule has 0 spiro atoms. The van der Waals surface area contributed by atoms with Gasteiger partial charge in [-0.15, -0.1) is 0 Å². The minimum atomic E-state index is -3.36. The Morgan fingerprint density at radius 2 is 2.06 bits per heavy atom. The van der Waals surface area contributed by atoms with Crippen LogP contribution in [0.3, 0.4) is 0 Å². The maximum absolute atomic E-state index is 11.5. The van der Waals surface area contributed by atoms with Gasteiger partial charge in [-0.3, -0.25) is 4.79 Å². The number of rotatable bonds is 4. The molecule has 1 N–H and O–H groups in total. The molecule has 88 valence electrons. The summed E-state index contributed by atoms with van der Waals surface area (Å²) in [6.45, 7) is 0. The molecule has 0 amide bonds. The molecule has 6 heteroatoms. The summed E-state index contributed by atoms with van der Waals surface area (Å²) < 4.78 is 26.6.